The zero-order valence-electron chi connectivity index (χ0n) is 15.4. The van der Waals surface area contributed by atoms with Gasteiger partial charge in [-0.15, -0.1) is 13.2 Å². The molecule has 0 spiro atoms. The third-order valence-electron chi connectivity index (χ3n) is 5.75. The molecule has 0 radical (unpaired) electrons. The molecule has 126 valence electrons. The summed E-state index contributed by atoms with van der Waals surface area (Å²) in [5.74, 6) is 4.90. The normalized spacial score (nSPS) is 29.4. The van der Waals surface area contributed by atoms with E-state index in [1.165, 1.54) is 19.3 Å². The highest BCUT2D eigenvalue weighted by atomic mass is 14.4. The van der Waals surface area contributed by atoms with Gasteiger partial charge >= 0.3 is 0 Å². The van der Waals surface area contributed by atoms with Crippen molar-refractivity contribution in [2.24, 2.45) is 35.5 Å². The van der Waals surface area contributed by atoms with Gasteiger partial charge in [-0.2, -0.15) is 0 Å². The Morgan fingerprint density at radius 1 is 1.09 bits per heavy atom. The van der Waals surface area contributed by atoms with Crippen LogP contribution in [0.25, 0.3) is 0 Å². The zero-order valence-corrected chi connectivity index (χ0v) is 15.4. The van der Waals surface area contributed by atoms with Crippen LogP contribution < -0.4 is 0 Å². The Hall–Kier alpha value is -0.780. The monoisotopic (exact) mass is 302 g/mol. The highest BCUT2D eigenvalue weighted by molar-refractivity contribution is 4.96. The van der Waals surface area contributed by atoms with Crippen LogP contribution in [0.5, 0.6) is 0 Å². The molecule has 0 heterocycles. The van der Waals surface area contributed by atoms with Crippen LogP contribution in [0.4, 0.5) is 0 Å². The van der Waals surface area contributed by atoms with Crippen LogP contribution in [0.3, 0.4) is 0 Å². The first kappa shape index (κ1) is 19.3. The predicted molar refractivity (Wildman–Crippen MR) is 101 cm³/mol. The topological polar surface area (TPSA) is 0 Å². The summed E-state index contributed by atoms with van der Waals surface area (Å²) >= 11 is 0. The summed E-state index contributed by atoms with van der Waals surface area (Å²) in [4.78, 5) is 0. The lowest BCUT2D eigenvalue weighted by Gasteiger charge is -2.30. The van der Waals surface area contributed by atoms with Crippen molar-refractivity contribution in [3.8, 4) is 0 Å². The molecule has 0 bridgehead atoms. The molecule has 0 amide bonds. The molecule has 1 aliphatic carbocycles. The first-order valence-electron chi connectivity index (χ1n) is 9.41. The fourth-order valence-corrected chi connectivity index (χ4v) is 4.47. The lowest BCUT2D eigenvalue weighted by atomic mass is 9.75. The molecule has 0 saturated heterocycles. The highest BCUT2D eigenvalue weighted by Crippen LogP contribution is 2.45. The number of hydrogen-bond acceptors (Lipinski definition) is 0. The van der Waals surface area contributed by atoms with Gasteiger partial charge in [0.1, 0.15) is 0 Å². The third-order valence-corrected chi connectivity index (χ3v) is 5.75. The molecule has 0 nitrogen and oxygen atoms in total. The van der Waals surface area contributed by atoms with E-state index in [1.807, 2.05) is 0 Å². The van der Waals surface area contributed by atoms with Crippen LogP contribution in [-0.2, 0) is 0 Å². The minimum absolute atomic E-state index is 0.730. The van der Waals surface area contributed by atoms with Gasteiger partial charge in [-0.3, -0.25) is 0 Å². The second-order valence-electron chi connectivity index (χ2n) is 7.72. The number of rotatable bonds is 10. The molecule has 1 fully saturated rings. The summed E-state index contributed by atoms with van der Waals surface area (Å²) in [6.07, 6.45) is 16.7. The fraction of sp³-hybridized carbons (Fsp3) is 0.727. The van der Waals surface area contributed by atoms with Gasteiger partial charge in [-0.05, 0) is 74.0 Å². The van der Waals surface area contributed by atoms with Gasteiger partial charge in [0.25, 0.3) is 0 Å². The first-order valence-corrected chi connectivity index (χ1v) is 9.41. The molecule has 1 rings (SSSR count). The lowest BCUT2D eigenvalue weighted by molar-refractivity contribution is 0.224. The molecule has 22 heavy (non-hydrogen) atoms. The van der Waals surface area contributed by atoms with Crippen molar-refractivity contribution in [2.75, 3.05) is 0 Å². The van der Waals surface area contributed by atoms with Crippen molar-refractivity contribution in [3.63, 3.8) is 0 Å². The van der Waals surface area contributed by atoms with Crippen LogP contribution in [-0.4, -0.2) is 0 Å². The van der Waals surface area contributed by atoms with Crippen LogP contribution in [0, 0.1) is 35.5 Å². The van der Waals surface area contributed by atoms with E-state index in [0.717, 1.165) is 54.8 Å². The maximum atomic E-state index is 3.99. The predicted octanol–water partition coefficient (Wildman–Crippen LogP) is 7.05. The number of allylic oxidation sites excluding steroid dienone is 4. The smallest absolute Gasteiger partial charge is 0.0231 e. The van der Waals surface area contributed by atoms with Gasteiger partial charge in [-0.25, -0.2) is 0 Å². The van der Waals surface area contributed by atoms with Gasteiger partial charge in [0.05, 0.1) is 0 Å². The molecule has 0 aliphatic heterocycles. The van der Waals surface area contributed by atoms with Crippen molar-refractivity contribution in [2.45, 2.75) is 66.2 Å². The van der Waals surface area contributed by atoms with Gasteiger partial charge in [0.15, 0.2) is 0 Å². The Balaban J connectivity index is 2.74. The van der Waals surface area contributed by atoms with Crippen LogP contribution in [0.2, 0.25) is 0 Å². The van der Waals surface area contributed by atoms with Crippen LogP contribution in [0.1, 0.15) is 66.2 Å². The average Bonchev–Trinajstić information content (AvgIpc) is 2.85. The fourth-order valence-electron chi connectivity index (χ4n) is 4.47. The Morgan fingerprint density at radius 3 is 2.36 bits per heavy atom. The van der Waals surface area contributed by atoms with E-state index < -0.39 is 0 Å². The number of hydrogen-bond donors (Lipinski definition) is 0. The molecule has 0 N–H and O–H groups in total. The van der Waals surface area contributed by atoms with Crippen molar-refractivity contribution in [1.82, 2.24) is 0 Å². The van der Waals surface area contributed by atoms with Crippen LogP contribution >= 0.6 is 0 Å². The molecule has 1 aliphatic rings. The summed E-state index contributed by atoms with van der Waals surface area (Å²) in [6, 6.07) is 0. The van der Waals surface area contributed by atoms with Gasteiger partial charge in [-0.1, -0.05) is 52.0 Å². The van der Waals surface area contributed by atoms with Gasteiger partial charge < -0.3 is 0 Å². The molecule has 0 aromatic carbocycles. The van der Waals surface area contributed by atoms with Crippen molar-refractivity contribution in [1.29, 1.82) is 0 Å². The Kier molecular flexibility index (Phi) is 8.83. The summed E-state index contributed by atoms with van der Waals surface area (Å²) in [7, 11) is 0. The molecule has 1 saturated carbocycles. The third kappa shape index (κ3) is 5.78. The molecule has 0 aromatic rings. The Bertz CT molecular complexity index is 351. The van der Waals surface area contributed by atoms with E-state index >= 15 is 0 Å². The Morgan fingerprint density at radius 2 is 1.77 bits per heavy atom. The average molecular weight is 303 g/mol. The SMILES string of the molecule is C=CCC(C)C(CC=C)CC1CC(C)CC1C(C)C=CCC. The van der Waals surface area contributed by atoms with E-state index in [0.29, 0.717) is 0 Å². The summed E-state index contributed by atoms with van der Waals surface area (Å²) in [5.41, 5.74) is 0. The van der Waals surface area contributed by atoms with Gasteiger partial charge in [0.2, 0.25) is 0 Å². The highest BCUT2D eigenvalue weighted by Gasteiger charge is 2.36. The van der Waals surface area contributed by atoms with Gasteiger partial charge in [0, 0.05) is 0 Å². The quantitative estimate of drug-likeness (QED) is 0.379. The van der Waals surface area contributed by atoms with Crippen molar-refractivity contribution in [3.05, 3.63) is 37.5 Å². The summed E-state index contributed by atoms with van der Waals surface area (Å²) in [5, 5.41) is 0. The molecular formula is C22H38. The van der Waals surface area contributed by atoms with E-state index in [2.05, 4.69) is 65.2 Å². The maximum absolute atomic E-state index is 3.99. The first-order chi connectivity index (χ1) is 10.5. The largest absolute Gasteiger partial charge is 0.103 e. The molecule has 0 heteroatoms. The minimum Gasteiger partial charge on any atom is -0.103 e. The van der Waals surface area contributed by atoms with Crippen molar-refractivity contribution < 1.29 is 0 Å². The molecular weight excluding hydrogens is 264 g/mol. The van der Waals surface area contributed by atoms with E-state index in [-0.39, 0.29) is 0 Å². The minimum atomic E-state index is 0.730. The maximum Gasteiger partial charge on any atom is -0.0231 e. The second kappa shape index (κ2) is 10.1. The van der Waals surface area contributed by atoms with E-state index in [1.54, 1.807) is 0 Å². The molecule has 6 unspecified atom stereocenters. The Labute approximate surface area is 139 Å². The standard InChI is InChI=1S/C22H38/c1-7-10-13-19(6)22-15-17(4)14-21(22)16-20(12-9-3)18(5)11-8-2/h8-10,13,17-22H,2-3,7,11-12,14-16H2,1,4-6H3. The van der Waals surface area contributed by atoms with Crippen molar-refractivity contribution >= 4 is 0 Å². The molecule has 6 atom stereocenters. The van der Waals surface area contributed by atoms with E-state index in [9.17, 15) is 0 Å². The second-order valence-corrected chi connectivity index (χ2v) is 7.72. The zero-order chi connectivity index (χ0) is 16.5. The molecule has 0 aromatic heterocycles. The summed E-state index contributed by atoms with van der Waals surface area (Å²) < 4.78 is 0. The summed E-state index contributed by atoms with van der Waals surface area (Å²) in [6.45, 7) is 17.4. The lowest BCUT2D eigenvalue weighted by Crippen LogP contribution is -2.21. The van der Waals surface area contributed by atoms with Crippen LogP contribution in [0.15, 0.2) is 37.5 Å². The van der Waals surface area contributed by atoms with E-state index in [4.69, 9.17) is 0 Å².